The predicted molar refractivity (Wildman–Crippen MR) is 134 cm³/mol. The van der Waals surface area contributed by atoms with Crippen molar-refractivity contribution in [1.29, 1.82) is 0 Å². The number of aliphatic imine (C=N–C) groups is 1. The van der Waals surface area contributed by atoms with Gasteiger partial charge in [-0.2, -0.15) is 0 Å². The van der Waals surface area contributed by atoms with Gasteiger partial charge in [0.2, 0.25) is 5.91 Å². The largest absolute Gasteiger partial charge is 0.493 e. The lowest BCUT2D eigenvalue weighted by atomic mass is 10.1. The van der Waals surface area contributed by atoms with Crippen LogP contribution in [0.3, 0.4) is 0 Å². The van der Waals surface area contributed by atoms with Gasteiger partial charge in [-0.25, -0.2) is 0 Å². The lowest BCUT2D eigenvalue weighted by Gasteiger charge is -2.19. The lowest BCUT2D eigenvalue weighted by molar-refractivity contribution is -0.128. The maximum absolute atomic E-state index is 12.0. The van der Waals surface area contributed by atoms with Crippen molar-refractivity contribution in [2.45, 2.75) is 38.8 Å². The first-order valence-corrected chi connectivity index (χ1v) is 10.8. The van der Waals surface area contributed by atoms with E-state index in [1.165, 1.54) is 22.3 Å². The molecule has 7 heteroatoms. The predicted octanol–water partition coefficient (Wildman–Crippen LogP) is 3.27. The van der Waals surface area contributed by atoms with Crippen LogP contribution in [0.4, 0.5) is 0 Å². The minimum absolute atomic E-state index is 0. The highest BCUT2D eigenvalue weighted by Gasteiger charge is 2.20. The highest BCUT2D eigenvalue weighted by atomic mass is 127. The van der Waals surface area contributed by atoms with E-state index in [4.69, 9.17) is 4.74 Å². The van der Waals surface area contributed by atoms with Gasteiger partial charge in [0.15, 0.2) is 5.96 Å². The summed E-state index contributed by atoms with van der Waals surface area (Å²) in [4.78, 5) is 18.3. The second-order valence-electron chi connectivity index (χ2n) is 7.83. The van der Waals surface area contributed by atoms with Gasteiger partial charge in [-0.1, -0.05) is 36.4 Å². The van der Waals surface area contributed by atoms with Crippen molar-refractivity contribution in [2.75, 3.05) is 26.7 Å². The third kappa shape index (κ3) is 6.12. The average molecular weight is 534 g/mol. The first-order chi connectivity index (χ1) is 14.7. The van der Waals surface area contributed by atoms with Crippen LogP contribution in [0.15, 0.2) is 47.5 Å². The van der Waals surface area contributed by atoms with Gasteiger partial charge in [0.25, 0.3) is 0 Å². The van der Waals surface area contributed by atoms with Crippen LogP contribution < -0.4 is 15.4 Å². The summed E-state index contributed by atoms with van der Waals surface area (Å²) in [5, 5.41) is 6.80. The standard InChI is InChI=1S/C24H30N4O2.HI/c1-25-24(26-12-10-18-8-9-22-19(15-18)11-14-30-22)27-16-20-5-2-3-6-21(20)17-28-13-4-7-23(28)29;/h2-3,5-6,8-9,15H,4,7,10-14,16-17H2,1H3,(H2,25,26,27);1H. The Morgan fingerprint density at radius 1 is 1.13 bits per heavy atom. The zero-order valence-electron chi connectivity index (χ0n) is 18.0. The van der Waals surface area contributed by atoms with Gasteiger partial charge in [-0.3, -0.25) is 9.79 Å². The number of ether oxygens (including phenoxy) is 1. The number of hydrogen-bond donors (Lipinski definition) is 2. The van der Waals surface area contributed by atoms with E-state index in [1.807, 2.05) is 17.0 Å². The van der Waals surface area contributed by atoms with Crippen molar-refractivity contribution in [2.24, 2.45) is 4.99 Å². The number of amides is 1. The van der Waals surface area contributed by atoms with E-state index in [-0.39, 0.29) is 29.9 Å². The van der Waals surface area contributed by atoms with Crippen molar-refractivity contribution >= 4 is 35.8 Å². The molecule has 0 spiro atoms. The fraction of sp³-hybridized carbons (Fsp3) is 0.417. The van der Waals surface area contributed by atoms with Gasteiger partial charge >= 0.3 is 0 Å². The molecule has 1 saturated heterocycles. The molecule has 4 rings (SSSR count). The van der Waals surface area contributed by atoms with Gasteiger partial charge < -0.3 is 20.3 Å². The summed E-state index contributed by atoms with van der Waals surface area (Å²) in [7, 11) is 1.79. The van der Waals surface area contributed by atoms with E-state index >= 15 is 0 Å². The number of benzene rings is 2. The average Bonchev–Trinajstić information content (AvgIpc) is 3.40. The quantitative estimate of drug-likeness (QED) is 0.325. The van der Waals surface area contributed by atoms with Crippen LogP contribution in [0.1, 0.15) is 35.1 Å². The number of hydrogen-bond acceptors (Lipinski definition) is 3. The maximum Gasteiger partial charge on any atom is 0.222 e. The Hall–Kier alpha value is -2.29. The van der Waals surface area contributed by atoms with Crippen molar-refractivity contribution in [3.05, 3.63) is 64.7 Å². The number of carbonyl (C=O) groups excluding carboxylic acids is 1. The van der Waals surface area contributed by atoms with E-state index in [2.05, 4.69) is 46.0 Å². The molecular formula is C24H31IN4O2. The monoisotopic (exact) mass is 534 g/mol. The molecule has 0 aromatic heterocycles. The Labute approximate surface area is 201 Å². The molecule has 1 fully saturated rings. The topological polar surface area (TPSA) is 66.0 Å². The smallest absolute Gasteiger partial charge is 0.222 e. The van der Waals surface area contributed by atoms with Crippen LogP contribution >= 0.6 is 24.0 Å². The number of rotatable bonds is 7. The minimum atomic E-state index is 0. The maximum atomic E-state index is 12.0. The van der Waals surface area contributed by atoms with Gasteiger partial charge in [0.05, 0.1) is 6.61 Å². The molecule has 2 aromatic rings. The second-order valence-corrected chi connectivity index (χ2v) is 7.83. The summed E-state index contributed by atoms with van der Waals surface area (Å²) in [6, 6.07) is 14.8. The van der Waals surface area contributed by atoms with Crippen LogP contribution in [-0.4, -0.2) is 43.5 Å². The Morgan fingerprint density at radius 3 is 2.74 bits per heavy atom. The van der Waals surface area contributed by atoms with E-state index in [0.717, 1.165) is 50.7 Å². The molecule has 2 N–H and O–H groups in total. The molecule has 2 aliphatic heterocycles. The van der Waals surface area contributed by atoms with Crippen LogP contribution in [0.25, 0.3) is 0 Å². The van der Waals surface area contributed by atoms with E-state index in [0.29, 0.717) is 19.5 Å². The molecule has 31 heavy (non-hydrogen) atoms. The molecule has 2 aromatic carbocycles. The number of nitrogens with one attached hydrogen (secondary N) is 2. The Morgan fingerprint density at radius 2 is 1.97 bits per heavy atom. The first-order valence-electron chi connectivity index (χ1n) is 10.8. The highest BCUT2D eigenvalue weighted by molar-refractivity contribution is 14.0. The molecule has 166 valence electrons. The van der Waals surface area contributed by atoms with E-state index in [1.54, 1.807) is 7.05 Å². The van der Waals surface area contributed by atoms with Crippen LogP contribution in [-0.2, 0) is 30.7 Å². The van der Waals surface area contributed by atoms with Crippen molar-refractivity contribution < 1.29 is 9.53 Å². The SMILES string of the molecule is CN=C(NCCc1ccc2c(c1)CCO2)NCc1ccccc1CN1CCCC1=O.I. The van der Waals surface area contributed by atoms with E-state index < -0.39 is 0 Å². The number of halogens is 1. The molecule has 2 aliphatic rings. The third-order valence-electron chi connectivity index (χ3n) is 5.78. The van der Waals surface area contributed by atoms with Gasteiger partial charge in [-0.15, -0.1) is 24.0 Å². The van der Waals surface area contributed by atoms with Crippen LogP contribution in [0.5, 0.6) is 5.75 Å². The molecule has 1 amide bonds. The fourth-order valence-electron chi connectivity index (χ4n) is 4.08. The molecule has 0 unspecified atom stereocenters. The molecule has 0 atom stereocenters. The zero-order chi connectivity index (χ0) is 20.8. The summed E-state index contributed by atoms with van der Waals surface area (Å²) >= 11 is 0. The van der Waals surface area contributed by atoms with Crippen LogP contribution in [0.2, 0.25) is 0 Å². The van der Waals surface area contributed by atoms with Crippen molar-refractivity contribution in [1.82, 2.24) is 15.5 Å². The molecule has 0 radical (unpaired) electrons. The number of carbonyl (C=O) groups is 1. The summed E-state index contributed by atoms with van der Waals surface area (Å²) < 4.78 is 5.58. The zero-order valence-corrected chi connectivity index (χ0v) is 20.4. The minimum Gasteiger partial charge on any atom is -0.493 e. The number of guanidine groups is 1. The highest BCUT2D eigenvalue weighted by Crippen LogP contribution is 2.25. The number of likely N-dealkylation sites (tertiary alicyclic amines) is 1. The molecular weight excluding hydrogens is 503 g/mol. The number of fused-ring (bicyclic) bond motifs is 1. The molecule has 0 bridgehead atoms. The van der Waals surface area contributed by atoms with Gasteiger partial charge in [-0.05, 0) is 41.2 Å². The molecule has 2 heterocycles. The Bertz CT molecular complexity index is 932. The first kappa shape index (κ1) is 23.4. The fourth-order valence-corrected chi connectivity index (χ4v) is 4.08. The summed E-state index contributed by atoms with van der Waals surface area (Å²) in [5.74, 6) is 2.07. The number of nitrogens with zero attached hydrogens (tertiary/aromatic N) is 2. The summed E-state index contributed by atoms with van der Waals surface area (Å²) in [6.45, 7) is 3.82. The van der Waals surface area contributed by atoms with Crippen LogP contribution in [0, 0.1) is 0 Å². The van der Waals surface area contributed by atoms with Gasteiger partial charge in [0.1, 0.15) is 5.75 Å². The van der Waals surface area contributed by atoms with E-state index in [9.17, 15) is 4.79 Å². The van der Waals surface area contributed by atoms with Crippen molar-refractivity contribution in [3.63, 3.8) is 0 Å². The molecule has 0 saturated carbocycles. The lowest BCUT2D eigenvalue weighted by Crippen LogP contribution is -2.38. The Balaban J connectivity index is 0.00000272. The third-order valence-corrected chi connectivity index (χ3v) is 5.78. The normalized spacial score (nSPS) is 15.3. The molecule has 0 aliphatic carbocycles. The molecule has 6 nitrogen and oxygen atoms in total. The summed E-state index contributed by atoms with van der Waals surface area (Å²) in [6.07, 6.45) is 3.57. The second kappa shape index (κ2) is 11.4. The summed E-state index contributed by atoms with van der Waals surface area (Å²) in [5.41, 5.74) is 5.00. The van der Waals surface area contributed by atoms with Gasteiger partial charge in [0, 0.05) is 46.1 Å². The Kier molecular flexibility index (Phi) is 8.57. The van der Waals surface area contributed by atoms with Crippen molar-refractivity contribution in [3.8, 4) is 5.75 Å².